The van der Waals surface area contributed by atoms with Crippen LogP contribution in [-0.4, -0.2) is 29.2 Å². The van der Waals surface area contributed by atoms with Gasteiger partial charge in [-0.3, -0.25) is 14.5 Å². The van der Waals surface area contributed by atoms with E-state index in [0.717, 1.165) is 16.0 Å². The van der Waals surface area contributed by atoms with Crippen LogP contribution in [0.1, 0.15) is 24.0 Å². The lowest BCUT2D eigenvalue weighted by Crippen LogP contribution is -2.37. The fourth-order valence-corrected chi connectivity index (χ4v) is 3.26. The van der Waals surface area contributed by atoms with E-state index in [4.69, 9.17) is 4.74 Å². The number of carbonyl (C=O) groups excluding carboxylic acids is 3. The average molecular weight is 313 g/mol. The Labute approximate surface area is 134 Å². The van der Waals surface area contributed by atoms with Crippen LogP contribution in [0, 0.1) is 25.7 Å². The minimum absolute atomic E-state index is 0.261. The number of esters is 1. The maximum Gasteiger partial charge on any atom is 0.331 e. The van der Waals surface area contributed by atoms with Gasteiger partial charge in [-0.25, -0.2) is 4.79 Å². The lowest BCUT2D eigenvalue weighted by Gasteiger charge is -2.15. The number of aryl methyl sites for hydroxylation is 2. The van der Waals surface area contributed by atoms with E-state index in [1.807, 2.05) is 44.2 Å². The van der Waals surface area contributed by atoms with Gasteiger partial charge in [-0.05, 0) is 37.8 Å². The first kappa shape index (κ1) is 15.5. The smallest absolute Gasteiger partial charge is 0.331 e. The Hall–Kier alpha value is -2.43. The van der Waals surface area contributed by atoms with E-state index in [2.05, 4.69) is 0 Å². The van der Waals surface area contributed by atoms with Gasteiger partial charge in [0.05, 0.1) is 11.8 Å². The van der Waals surface area contributed by atoms with Gasteiger partial charge in [0.1, 0.15) is 12.3 Å². The summed E-state index contributed by atoms with van der Waals surface area (Å²) in [6, 6.07) is 5.58. The monoisotopic (exact) mass is 313 g/mol. The van der Waals surface area contributed by atoms with E-state index in [1.54, 1.807) is 0 Å². The lowest BCUT2D eigenvalue weighted by atomic mass is 9.85. The molecule has 0 N–H and O–H groups in total. The zero-order chi connectivity index (χ0) is 16.6. The maximum absolute atomic E-state index is 12.3. The quantitative estimate of drug-likeness (QED) is 0.371. The number of benzene rings is 1. The Morgan fingerprint density at radius 2 is 1.61 bits per heavy atom. The summed E-state index contributed by atoms with van der Waals surface area (Å²) >= 11 is 0. The van der Waals surface area contributed by atoms with Gasteiger partial charge in [0, 0.05) is 0 Å². The molecule has 120 valence electrons. The molecular formula is C18H19NO4. The number of hydrogen-bond donors (Lipinski definition) is 0. The van der Waals surface area contributed by atoms with Crippen molar-refractivity contribution in [3.8, 4) is 5.75 Å². The maximum atomic E-state index is 12.3. The molecule has 23 heavy (non-hydrogen) atoms. The molecular weight excluding hydrogens is 294 g/mol. The Bertz CT molecular complexity index is 661. The molecule has 5 nitrogen and oxygen atoms in total. The van der Waals surface area contributed by atoms with E-state index < -0.39 is 5.97 Å². The first-order valence-electron chi connectivity index (χ1n) is 7.76. The molecule has 5 heteroatoms. The van der Waals surface area contributed by atoms with E-state index >= 15 is 0 Å². The predicted octanol–water partition coefficient (Wildman–Crippen LogP) is 2.16. The van der Waals surface area contributed by atoms with Gasteiger partial charge in [0.15, 0.2) is 0 Å². The summed E-state index contributed by atoms with van der Waals surface area (Å²) in [5, 5.41) is 0. The standard InChI is InChI=1S/C18H19NO4/c1-11-6-5-7-12(2)16(11)23-15(20)10-19-17(21)13-8-3-4-9-14(13)18(19)22/h3-7,13-14H,8-10H2,1-2H3/t13-,14-/m1/s1. The third-order valence-electron chi connectivity index (χ3n) is 4.51. The summed E-state index contributed by atoms with van der Waals surface area (Å²) in [5.74, 6) is -1.25. The average Bonchev–Trinajstić information content (AvgIpc) is 2.77. The molecule has 0 aromatic heterocycles. The molecule has 1 aromatic rings. The second-order valence-corrected chi connectivity index (χ2v) is 6.11. The number of amides is 2. The number of likely N-dealkylation sites (tertiary alicyclic amines) is 1. The second-order valence-electron chi connectivity index (χ2n) is 6.11. The SMILES string of the molecule is Cc1cccc(C)c1OC(=O)CN1C(=O)[C@@H]2CC=CC[C@H]2C1=O. The van der Waals surface area contributed by atoms with Crippen LogP contribution in [0.15, 0.2) is 30.4 Å². The van der Waals surface area contributed by atoms with Gasteiger partial charge in [-0.15, -0.1) is 0 Å². The lowest BCUT2D eigenvalue weighted by molar-refractivity contribution is -0.148. The molecule has 1 fully saturated rings. The third-order valence-corrected chi connectivity index (χ3v) is 4.51. The Kier molecular flexibility index (Phi) is 4.03. The summed E-state index contributed by atoms with van der Waals surface area (Å²) < 4.78 is 5.39. The predicted molar refractivity (Wildman–Crippen MR) is 83.6 cm³/mol. The van der Waals surface area contributed by atoms with Gasteiger partial charge in [-0.2, -0.15) is 0 Å². The highest BCUT2D eigenvalue weighted by atomic mass is 16.5. The van der Waals surface area contributed by atoms with Gasteiger partial charge >= 0.3 is 5.97 Å². The molecule has 2 aliphatic rings. The highest BCUT2D eigenvalue weighted by molar-refractivity contribution is 6.07. The number of nitrogens with zero attached hydrogens (tertiary/aromatic N) is 1. The topological polar surface area (TPSA) is 63.7 Å². The van der Waals surface area contributed by atoms with Gasteiger partial charge in [-0.1, -0.05) is 30.4 Å². The summed E-state index contributed by atoms with van der Waals surface area (Å²) in [5.41, 5.74) is 1.69. The van der Waals surface area contributed by atoms with Gasteiger partial charge < -0.3 is 4.74 Å². The minimum Gasteiger partial charge on any atom is -0.425 e. The molecule has 1 aliphatic heterocycles. The highest BCUT2D eigenvalue weighted by Gasteiger charge is 2.47. The van der Waals surface area contributed by atoms with Crippen LogP contribution < -0.4 is 4.74 Å². The number of allylic oxidation sites excluding steroid dienone is 2. The van der Waals surface area contributed by atoms with E-state index in [0.29, 0.717) is 18.6 Å². The van der Waals surface area contributed by atoms with Crippen molar-refractivity contribution in [2.75, 3.05) is 6.54 Å². The molecule has 2 atom stereocenters. The molecule has 0 radical (unpaired) electrons. The van der Waals surface area contributed by atoms with Crippen LogP contribution in [0.3, 0.4) is 0 Å². The number of carbonyl (C=O) groups is 3. The Morgan fingerprint density at radius 3 is 2.13 bits per heavy atom. The molecule has 2 amide bonds. The molecule has 3 rings (SSSR count). The van der Waals surface area contributed by atoms with Crippen molar-refractivity contribution in [2.24, 2.45) is 11.8 Å². The molecule has 1 aromatic carbocycles. The van der Waals surface area contributed by atoms with Crippen molar-refractivity contribution in [1.82, 2.24) is 4.90 Å². The fourth-order valence-electron chi connectivity index (χ4n) is 3.26. The summed E-state index contributed by atoms with van der Waals surface area (Å²) in [4.78, 5) is 37.9. The molecule has 0 saturated carbocycles. The van der Waals surface area contributed by atoms with Crippen molar-refractivity contribution in [1.29, 1.82) is 0 Å². The molecule has 0 unspecified atom stereocenters. The highest BCUT2D eigenvalue weighted by Crippen LogP contribution is 2.35. The molecule has 1 heterocycles. The zero-order valence-electron chi connectivity index (χ0n) is 13.2. The minimum atomic E-state index is -0.587. The van der Waals surface area contributed by atoms with Crippen LogP contribution in [0.2, 0.25) is 0 Å². The normalized spacial score (nSPS) is 23.1. The Balaban J connectivity index is 1.71. The van der Waals surface area contributed by atoms with Gasteiger partial charge in [0.25, 0.3) is 0 Å². The van der Waals surface area contributed by atoms with Crippen molar-refractivity contribution in [3.63, 3.8) is 0 Å². The van der Waals surface area contributed by atoms with Crippen LogP contribution >= 0.6 is 0 Å². The van der Waals surface area contributed by atoms with E-state index in [1.165, 1.54) is 0 Å². The van der Waals surface area contributed by atoms with Crippen molar-refractivity contribution < 1.29 is 19.1 Å². The molecule has 1 saturated heterocycles. The van der Waals surface area contributed by atoms with E-state index in [9.17, 15) is 14.4 Å². The first-order chi connectivity index (χ1) is 11.0. The number of ether oxygens (including phenoxy) is 1. The number of hydrogen-bond acceptors (Lipinski definition) is 4. The first-order valence-corrected chi connectivity index (χ1v) is 7.76. The van der Waals surface area contributed by atoms with Crippen LogP contribution in [0.25, 0.3) is 0 Å². The summed E-state index contributed by atoms with van der Waals surface area (Å²) in [6.45, 7) is 3.38. The van der Waals surface area contributed by atoms with Crippen molar-refractivity contribution in [3.05, 3.63) is 41.5 Å². The largest absolute Gasteiger partial charge is 0.425 e. The van der Waals surface area contributed by atoms with Crippen molar-refractivity contribution >= 4 is 17.8 Å². The number of fused-ring (bicyclic) bond motifs is 1. The molecule has 0 spiro atoms. The third kappa shape index (κ3) is 2.79. The van der Waals surface area contributed by atoms with Crippen molar-refractivity contribution in [2.45, 2.75) is 26.7 Å². The van der Waals surface area contributed by atoms with Crippen LogP contribution in [0.4, 0.5) is 0 Å². The van der Waals surface area contributed by atoms with Crippen LogP contribution in [-0.2, 0) is 14.4 Å². The number of rotatable bonds is 3. The van der Waals surface area contributed by atoms with Crippen LogP contribution in [0.5, 0.6) is 5.75 Å². The Morgan fingerprint density at radius 1 is 1.09 bits per heavy atom. The fraction of sp³-hybridized carbons (Fsp3) is 0.389. The van der Waals surface area contributed by atoms with E-state index in [-0.39, 0.29) is 30.2 Å². The molecule has 0 bridgehead atoms. The zero-order valence-corrected chi connectivity index (χ0v) is 13.2. The second kappa shape index (κ2) is 5.99. The number of para-hydroxylation sites is 1. The van der Waals surface area contributed by atoms with Gasteiger partial charge in [0.2, 0.25) is 11.8 Å². The number of imide groups is 1. The summed E-state index contributed by atoms with van der Waals surface area (Å²) in [7, 11) is 0. The molecule has 1 aliphatic carbocycles. The summed E-state index contributed by atoms with van der Waals surface area (Å²) in [6.07, 6.45) is 4.98.